The Morgan fingerprint density at radius 2 is 1.68 bits per heavy atom. The molecule has 1 aromatic carbocycles. The summed E-state index contributed by atoms with van der Waals surface area (Å²) in [5, 5.41) is 3.26. The Balaban J connectivity index is 2.21. The highest BCUT2D eigenvalue weighted by Crippen LogP contribution is 2.30. The fourth-order valence-corrected chi connectivity index (χ4v) is 3.16. The number of sulfonamides is 1. The van der Waals surface area contributed by atoms with E-state index in [1.54, 1.807) is 18.3 Å². The Kier molecular flexibility index (Phi) is 5.42. The molecule has 2 rings (SSSR count). The second-order valence-corrected chi connectivity index (χ2v) is 8.11. The van der Waals surface area contributed by atoms with E-state index in [1.807, 2.05) is 20.8 Å². The van der Waals surface area contributed by atoms with Gasteiger partial charge in [-0.25, -0.2) is 13.4 Å². The summed E-state index contributed by atoms with van der Waals surface area (Å²) in [6.07, 6.45) is 1.58. The molecule has 8 heteroatoms. The number of nitrogens with zero attached hydrogens (tertiary/aromatic N) is 1. The molecule has 25 heavy (non-hydrogen) atoms. The molecule has 0 radical (unpaired) electrons. The van der Waals surface area contributed by atoms with E-state index in [2.05, 4.69) is 15.0 Å². The van der Waals surface area contributed by atoms with E-state index in [0.29, 0.717) is 11.5 Å². The number of nitrogens with one attached hydrogen (secondary N) is 2. The smallest absolute Gasteiger partial charge is 0.263 e. The first-order chi connectivity index (χ1) is 11.6. The molecule has 0 saturated carbocycles. The van der Waals surface area contributed by atoms with Crippen LogP contribution in [0.3, 0.4) is 0 Å². The number of pyridine rings is 1. The molecule has 0 unspecified atom stereocenters. The standard InChI is InChI=1S/C17H23N3O4S/c1-17(2,3)19-12-6-9-16(18-11-12)20-25(21,22)13-7-8-14(23-4)15(10-13)24-5/h6-11,19H,1-5H3,(H,18,20). The van der Waals surface area contributed by atoms with Crippen LogP contribution in [-0.4, -0.2) is 33.2 Å². The van der Waals surface area contributed by atoms with Gasteiger partial charge >= 0.3 is 0 Å². The maximum Gasteiger partial charge on any atom is 0.263 e. The van der Waals surface area contributed by atoms with Crippen molar-refractivity contribution in [2.24, 2.45) is 0 Å². The Bertz CT molecular complexity index is 828. The summed E-state index contributed by atoms with van der Waals surface area (Å²) in [4.78, 5) is 4.20. The highest BCUT2D eigenvalue weighted by molar-refractivity contribution is 7.92. The zero-order chi connectivity index (χ0) is 18.7. The van der Waals surface area contributed by atoms with Crippen molar-refractivity contribution in [3.8, 4) is 11.5 Å². The van der Waals surface area contributed by atoms with Crippen LogP contribution in [0.15, 0.2) is 41.4 Å². The third-order valence-corrected chi connectivity index (χ3v) is 4.54. The zero-order valence-electron chi connectivity index (χ0n) is 15.0. The Labute approximate surface area is 148 Å². The van der Waals surface area contributed by atoms with Gasteiger partial charge in [0.15, 0.2) is 11.5 Å². The lowest BCUT2D eigenvalue weighted by Crippen LogP contribution is -2.26. The van der Waals surface area contributed by atoms with Crippen molar-refractivity contribution in [1.82, 2.24) is 4.98 Å². The average molecular weight is 365 g/mol. The SMILES string of the molecule is COc1ccc(S(=O)(=O)Nc2ccc(NC(C)(C)C)cn2)cc1OC. The van der Waals surface area contributed by atoms with Gasteiger partial charge in [0, 0.05) is 11.6 Å². The van der Waals surface area contributed by atoms with Gasteiger partial charge in [0.05, 0.1) is 31.0 Å². The van der Waals surface area contributed by atoms with Gasteiger partial charge in [-0.1, -0.05) is 0 Å². The van der Waals surface area contributed by atoms with Crippen molar-refractivity contribution in [3.05, 3.63) is 36.5 Å². The predicted octanol–water partition coefficient (Wildman–Crippen LogP) is 3.11. The van der Waals surface area contributed by atoms with Gasteiger partial charge in [0.25, 0.3) is 10.0 Å². The van der Waals surface area contributed by atoms with Crippen molar-refractivity contribution in [3.63, 3.8) is 0 Å². The van der Waals surface area contributed by atoms with Crippen molar-refractivity contribution < 1.29 is 17.9 Å². The van der Waals surface area contributed by atoms with Gasteiger partial charge in [-0.05, 0) is 45.0 Å². The summed E-state index contributed by atoms with van der Waals surface area (Å²) in [5.41, 5.74) is 0.698. The first-order valence-corrected chi connectivity index (χ1v) is 9.12. The van der Waals surface area contributed by atoms with Crippen LogP contribution in [0.5, 0.6) is 11.5 Å². The Hall–Kier alpha value is -2.48. The molecule has 1 aromatic heterocycles. The molecule has 7 nitrogen and oxygen atoms in total. The largest absolute Gasteiger partial charge is 0.493 e. The van der Waals surface area contributed by atoms with Gasteiger partial charge in [-0.15, -0.1) is 0 Å². The summed E-state index contributed by atoms with van der Waals surface area (Å²) in [5.74, 6) is 1.02. The van der Waals surface area contributed by atoms with Crippen LogP contribution in [0.2, 0.25) is 0 Å². The third kappa shape index (κ3) is 4.99. The van der Waals surface area contributed by atoms with E-state index < -0.39 is 10.0 Å². The maximum absolute atomic E-state index is 12.5. The van der Waals surface area contributed by atoms with Crippen molar-refractivity contribution >= 4 is 21.5 Å². The van der Waals surface area contributed by atoms with E-state index in [-0.39, 0.29) is 16.3 Å². The second-order valence-electron chi connectivity index (χ2n) is 6.43. The fraction of sp³-hybridized carbons (Fsp3) is 0.353. The quantitative estimate of drug-likeness (QED) is 0.817. The minimum absolute atomic E-state index is 0.0591. The van der Waals surface area contributed by atoms with E-state index in [4.69, 9.17) is 9.47 Å². The van der Waals surface area contributed by atoms with Crippen LogP contribution in [0, 0.1) is 0 Å². The van der Waals surface area contributed by atoms with E-state index in [9.17, 15) is 8.42 Å². The van der Waals surface area contributed by atoms with Crippen molar-refractivity contribution in [2.75, 3.05) is 24.3 Å². The fourth-order valence-electron chi connectivity index (χ4n) is 2.14. The lowest BCUT2D eigenvalue weighted by Gasteiger charge is -2.21. The molecule has 0 fully saturated rings. The summed E-state index contributed by atoms with van der Waals surface area (Å²) in [7, 11) is -0.851. The summed E-state index contributed by atoms with van der Waals surface area (Å²) in [6, 6.07) is 7.75. The molecule has 0 aliphatic heterocycles. The van der Waals surface area contributed by atoms with Crippen LogP contribution in [0.1, 0.15) is 20.8 Å². The van der Waals surface area contributed by atoms with Crippen LogP contribution >= 0.6 is 0 Å². The first kappa shape index (κ1) is 18.9. The van der Waals surface area contributed by atoms with Gasteiger partial charge in [0.2, 0.25) is 0 Å². The number of benzene rings is 1. The third-order valence-electron chi connectivity index (χ3n) is 3.19. The molecule has 0 spiro atoms. The number of rotatable bonds is 6. The van der Waals surface area contributed by atoms with Gasteiger partial charge < -0.3 is 14.8 Å². The van der Waals surface area contributed by atoms with Crippen LogP contribution < -0.4 is 19.5 Å². The summed E-state index contributed by atoms with van der Waals surface area (Å²) >= 11 is 0. The number of methoxy groups -OCH3 is 2. The topological polar surface area (TPSA) is 89.6 Å². The van der Waals surface area contributed by atoms with Gasteiger partial charge in [-0.2, -0.15) is 0 Å². The average Bonchev–Trinajstić information content (AvgIpc) is 2.54. The van der Waals surface area contributed by atoms with Crippen molar-refractivity contribution in [1.29, 1.82) is 0 Å². The minimum Gasteiger partial charge on any atom is -0.493 e. The molecule has 0 amide bonds. The lowest BCUT2D eigenvalue weighted by molar-refractivity contribution is 0.354. The van der Waals surface area contributed by atoms with Crippen LogP contribution in [-0.2, 0) is 10.0 Å². The second kappa shape index (κ2) is 7.18. The first-order valence-electron chi connectivity index (χ1n) is 7.64. The summed E-state index contributed by atoms with van der Waals surface area (Å²) in [6.45, 7) is 6.09. The van der Waals surface area contributed by atoms with E-state index in [1.165, 1.54) is 32.4 Å². The number of hydrogen-bond acceptors (Lipinski definition) is 6. The Morgan fingerprint density at radius 1 is 1.00 bits per heavy atom. The highest BCUT2D eigenvalue weighted by atomic mass is 32.2. The lowest BCUT2D eigenvalue weighted by atomic mass is 10.1. The molecule has 0 atom stereocenters. The molecule has 2 N–H and O–H groups in total. The molecule has 0 bridgehead atoms. The molecule has 2 aromatic rings. The maximum atomic E-state index is 12.5. The highest BCUT2D eigenvalue weighted by Gasteiger charge is 2.18. The minimum atomic E-state index is -3.79. The molecule has 136 valence electrons. The van der Waals surface area contributed by atoms with E-state index in [0.717, 1.165) is 5.69 Å². The number of ether oxygens (including phenoxy) is 2. The number of aromatic nitrogens is 1. The molecule has 0 aliphatic carbocycles. The molecule has 0 saturated heterocycles. The zero-order valence-corrected chi connectivity index (χ0v) is 15.8. The van der Waals surface area contributed by atoms with Gasteiger partial charge in [-0.3, -0.25) is 4.72 Å². The van der Waals surface area contributed by atoms with E-state index >= 15 is 0 Å². The number of anilines is 2. The van der Waals surface area contributed by atoms with Crippen molar-refractivity contribution in [2.45, 2.75) is 31.2 Å². The molecular formula is C17H23N3O4S. The normalized spacial score (nSPS) is 11.7. The summed E-state index contributed by atoms with van der Waals surface area (Å²) < 4.78 is 37.7. The molecular weight excluding hydrogens is 342 g/mol. The molecule has 0 aliphatic rings. The Morgan fingerprint density at radius 3 is 2.20 bits per heavy atom. The van der Waals surface area contributed by atoms with Crippen LogP contribution in [0.4, 0.5) is 11.5 Å². The monoisotopic (exact) mass is 365 g/mol. The van der Waals surface area contributed by atoms with Gasteiger partial charge in [0.1, 0.15) is 5.82 Å². The predicted molar refractivity (Wildman–Crippen MR) is 98.0 cm³/mol. The number of hydrogen-bond donors (Lipinski definition) is 2. The van der Waals surface area contributed by atoms with Crippen LogP contribution in [0.25, 0.3) is 0 Å². The molecule has 1 heterocycles.